The second-order valence-corrected chi connectivity index (χ2v) is 8.22. The molecule has 2 unspecified atom stereocenters. The SMILES string of the molecule is Cc1nnc(C(F)(C2CCC(=O)C2)S(=O)(=O)c2cccc(Cl)c2)o1. The van der Waals surface area contributed by atoms with Crippen molar-refractivity contribution in [2.75, 3.05) is 0 Å². The molecule has 0 spiro atoms. The summed E-state index contributed by atoms with van der Waals surface area (Å²) >= 11 is 5.84. The lowest BCUT2D eigenvalue weighted by molar-refractivity contribution is -0.117. The lowest BCUT2D eigenvalue weighted by Crippen LogP contribution is -2.38. The Kier molecular flexibility index (Phi) is 4.21. The molecule has 6 nitrogen and oxygen atoms in total. The Balaban J connectivity index is 2.19. The van der Waals surface area contributed by atoms with Gasteiger partial charge in [0.1, 0.15) is 5.78 Å². The molecule has 1 aliphatic rings. The molecule has 9 heteroatoms. The maximum absolute atomic E-state index is 16.0. The van der Waals surface area contributed by atoms with Gasteiger partial charge in [0.15, 0.2) is 0 Å². The van der Waals surface area contributed by atoms with Crippen molar-refractivity contribution < 1.29 is 22.0 Å². The van der Waals surface area contributed by atoms with Gasteiger partial charge in [-0.05, 0) is 24.6 Å². The number of hydrogen-bond donors (Lipinski definition) is 0. The van der Waals surface area contributed by atoms with E-state index in [-0.39, 0.29) is 40.9 Å². The summed E-state index contributed by atoms with van der Waals surface area (Å²) in [6.45, 7) is 1.43. The summed E-state index contributed by atoms with van der Waals surface area (Å²) in [5.74, 6) is -1.90. The predicted molar refractivity (Wildman–Crippen MR) is 82.8 cm³/mol. The Morgan fingerprint density at radius 3 is 2.67 bits per heavy atom. The third-order valence-electron chi connectivity index (χ3n) is 4.09. The van der Waals surface area contributed by atoms with E-state index in [4.69, 9.17) is 16.0 Å². The first-order chi connectivity index (χ1) is 11.2. The van der Waals surface area contributed by atoms with Gasteiger partial charge < -0.3 is 4.42 Å². The highest BCUT2D eigenvalue weighted by Gasteiger charge is 2.59. The zero-order valence-corrected chi connectivity index (χ0v) is 14.3. The molecule has 1 fully saturated rings. The molecule has 2 atom stereocenters. The van der Waals surface area contributed by atoms with Crippen LogP contribution >= 0.6 is 11.6 Å². The molecule has 1 aromatic carbocycles. The molecule has 0 amide bonds. The third-order valence-corrected chi connectivity index (χ3v) is 6.49. The Morgan fingerprint density at radius 2 is 2.12 bits per heavy atom. The van der Waals surface area contributed by atoms with Crippen LogP contribution in [-0.2, 0) is 19.6 Å². The van der Waals surface area contributed by atoms with Gasteiger partial charge in [-0.15, -0.1) is 10.2 Å². The lowest BCUT2D eigenvalue weighted by atomic mass is 10.0. The van der Waals surface area contributed by atoms with Gasteiger partial charge in [0.25, 0.3) is 10.9 Å². The second kappa shape index (κ2) is 5.93. The van der Waals surface area contributed by atoms with Crippen molar-refractivity contribution in [1.82, 2.24) is 10.2 Å². The molecule has 1 saturated carbocycles. The monoisotopic (exact) mass is 372 g/mol. The number of alkyl halides is 1. The van der Waals surface area contributed by atoms with Gasteiger partial charge in [-0.25, -0.2) is 12.8 Å². The normalized spacial score (nSPS) is 21.0. The number of carbonyl (C=O) groups excluding carboxylic acids is 1. The van der Waals surface area contributed by atoms with E-state index in [1.807, 2.05) is 0 Å². The van der Waals surface area contributed by atoms with Gasteiger partial charge in [0, 0.05) is 30.7 Å². The molecule has 3 rings (SSSR count). The van der Waals surface area contributed by atoms with E-state index in [1.54, 1.807) is 0 Å². The standard InChI is InChI=1S/C15H14ClFN2O4S/c1-9-18-19-14(23-9)15(17,10-5-6-12(20)7-10)24(21,22)13-4-2-3-11(16)8-13/h2-4,8,10H,5-7H2,1H3. The van der Waals surface area contributed by atoms with E-state index in [1.165, 1.54) is 25.1 Å². The van der Waals surface area contributed by atoms with Crippen molar-refractivity contribution in [3.8, 4) is 0 Å². The number of hydrogen-bond acceptors (Lipinski definition) is 6. The molecule has 1 aromatic heterocycles. The van der Waals surface area contributed by atoms with Crippen molar-refractivity contribution in [2.45, 2.75) is 36.1 Å². The molecular formula is C15H14ClFN2O4S. The topological polar surface area (TPSA) is 90.1 Å². The molecule has 2 aromatic rings. The number of benzene rings is 1. The maximum atomic E-state index is 16.0. The predicted octanol–water partition coefficient (Wildman–Crippen LogP) is 3.00. The first-order valence-electron chi connectivity index (χ1n) is 7.26. The Hall–Kier alpha value is -1.80. The van der Waals surface area contributed by atoms with Crippen LogP contribution < -0.4 is 0 Å². The van der Waals surface area contributed by atoms with Crippen molar-refractivity contribution in [3.05, 3.63) is 41.1 Å². The van der Waals surface area contributed by atoms with Crippen LogP contribution in [0.25, 0.3) is 0 Å². The fourth-order valence-electron chi connectivity index (χ4n) is 2.88. The van der Waals surface area contributed by atoms with E-state index in [9.17, 15) is 13.2 Å². The summed E-state index contributed by atoms with van der Waals surface area (Å²) in [6, 6.07) is 5.30. The van der Waals surface area contributed by atoms with Gasteiger partial charge in [0.05, 0.1) is 4.90 Å². The minimum atomic E-state index is -4.57. The minimum absolute atomic E-state index is 0.0395. The molecule has 0 N–H and O–H groups in total. The molecule has 128 valence electrons. The molecule has 0 radical (unpaired) electrons. The van der Waals surface area contributed by atoms with Crippen molar-refractivity contribution in [1.29, 1.82) is 0 Å². The van der Waals surface area contributed by atoms with Crippen LogP contribution in [0.2, 0.25) is 5.02 Å². The van der Waals surface area contributed by atoms with E-state index < -0.39 is 26.6 Å². The smallest absolute Gasteiger partial charge is 0.294 e. The maximum Gasteiger partial charge on any atom is 0.294 e. The summed E-state index contributed by atoms with van der Waals surface area (Å²) < 4.78 is 47.2. The van der Waals surface area contributed by atoms with Crippen LogP contribution in [0.4, 0.5) is 4.39 Å². The number of sulfone groups is 1. The fourth-order valence-corrected chi connectivity index (χ4v) is 4.97. The van der Waals surface area contributed by atoms with Gasteiger partial charge in [-0.3, -0.25) is 4.79 Å². The van der Waals surface area contributed by atoms with Crippen molar-refractivity contribution >= 4 is 27.2 Å². The molecule has 1 aliphatic carbocycles. The number of Topliss-reactive ketones (excluding diaryl/α,β-unsaturated/α-hetero) is 1. The Labute approximate surface area is 142 Å². The zero-order chi connectivity index (χ0) is 17.5. The highest BCUT2D eigenvalue weighted by molar-refractivity contribution is 7.92. The zero-order valence-electron chi connectivity index (χ0n) is 12.7. The number of halogens is 2. The first kappa shape index (κ1) is 17.0. The van der Waals surface area contributed by atoms with Gasteiger partial charge >= 0.3 is 0 Å². The summed E-state index contributed by atoms with van der Waals surface area (Å²) in [5, 5.41) is 4.30. The lowest BCUT2D eigenvalue weighted by Gasteiger charge is -2.27. The fraction of sp³-hybridized carbons (Fsp3) is 0.400. The molecule has 0 aliphatic heterocycles. The van der Waals surface area contributed by atoms with E-state index >= 15 is 4.39 Å². The Morgan fingerprint density at radius 1 is 1.38 bits per heavy atom. The van der Waals surface area contributed by atoms with Gasteiger partial charge in [-0.2, -0.15) is 0 Å². The summed E-state index contributed by atoms with van der Waals surface area (Å²) in [7, 11) is -4.57. The van der Waals surface area contributed by atoms with E-state index in [0.29, 0.717) is 0 Å². The number of rotatable bonds is 4. The number of aryl methyl sites for hydroxylation is 1. The van der Waals surface area contributed by atoms with Crippen molar-refractivity contribution in [2.24, 2.45) is 5.92 Å². The van der Waals surface area contributed by atoms with E-state index in [2.05, 4.69) is 10.2 Å². The minimum Gasteiger partial charge on any atom is -0.421 e. The number of nitrogens with zero attached hydrogens (tertiary/aromatic N) is 2. The molecule has 1 heterocycles. The third kappa shape index (κ3) is 2.63. The van der Waals surface area contributed by atoms with Crippen molar-refractivity contribution in [3.63, 3.8) is 0 Å². The summed E-state index contributed by atoms with van der Waals surface area (Å²) in [6.07, 6.45) is 0.0167. The van der Waals surface area contributed by atoms with Gasteiger partial charge in [0.2, 0.25) is 15.7 Å². The molecule has 0 saturated heterocycles. The molecule has 0 bridgehead atoms. The average molecular weight is 373 g/mol. The summed E-state index contributed by atoms with van der Waals surface area (Å²) in [4.78, 5) is 11.3. The second-order valence-electron chi connectivity index (χ2n) is 5.71. The quantitative estimate of drug-likeness (QED) is 0.819. The van der Waals surface area contributed by atoms with E-state index in [0.717, 1.165) is 6.07 Å². The van der Waals surface area contributed by atoms with Crippen LogP contribution in [0.1, 0.15) is 31.0 Å². The number of aromatic nitrogens is 2. The van der Waals surface area contributed by atoms with Gasteiger partial charge in [-0.1, -0.05) is 17.7 Å². The first-order valence-corrected chi connectivity index (χ1v) is 9.12. The summed E-state index contributed by atoms with van der Waals surface area (Å²) in [5.41, 5.74) is 0. The highest BCUT2D eigenvalue weighted by atomic mass is 35.5. The molecular weight excluding hydrogens is 359 g/mol. The number of ketones is 1. The number of carbonyl (C=O) groups is 1. The van der Waals surface area contributed by atoms with Crippen LogP contribution in [-0.4, -0.2) is 24.4 Å². The van der Waals surface area contributed by atoms with Crippen LogP contribution in [0.15, 0.2) is 33.6 Å². The Bertz CT molecular complexity index is 898. The molecule has 24 heavy (non-hydrogen) atoms. The largest absolute Gasteiger partial charge is 0.421 e. The van der Waals surface area contributed by atoms with Crippen LogP contribution in [0.3, 0.4) is 0 Å². The van der Waals surface area contributed by atoms with Crippen LogP contribution in [0.5, 0.6) is 0 Å². The average Bonchev–Trinajstić information content (AvgIpc) is 3.15. The highest BCUT2D eigenvalue weighted by Crippen LogP contribution is 2.48. The van der Waals surface area contributed by atoms with Crippen LogP contribution in [0, 0.1) is 12.8 Å².